The summed E-state index contributed by atoms with van der Waals surface area (Å²) in [5, 5.41) is 12.6. The Morgan fingerprint density at radius 1 is 0.543 bits per heavy atom. The van der Waals surface area contributed by atoms with Crippen molar-refractivity contribution in [2.75, 3.05) is 19.8 Å². The van der Waals surface area contributed by atoms with E-state index in [2.05, 4.69) is 26.1 Å². The van der Waals surface area contributed by atoms with Gasteiger partial charge in [-0.25, -0.2) is 0 Å². The predicted molar refractivity (Wildman–Crippen MR) is 195 cm³/mol. The lowest BCUT2D eigenvalue weighted by Gasteiger charge is -2.21. The van der Waals surface area contributed by atoms with E-state index < -0.39 is 0 Å². The molecule has 2 atom stereocenters. The van der Waals surface area contributed by atoms with Crippen LogP contribution in [-0.4, -0.2) is 48.9 Å². The molecule has 0 aromatic heterocycles. The molecule has 0 aromatic rings. The van der Waals surface area contributed by atoms with Crippen LogP contribution in [0.1, 0.15) is 213 Å². The smallest absolute Gasteiger partial charge is 0.306 e. The monoisotopic (exact) mass is 654 g/mol. The number of esters is 1. The van der Waals surface area contributed by atoms with Gasteiger partial charge in [0.1, 0.15) is 6.10 Å². The third kappa shape index (κ3) is 32.8. The van der Waals surface area contributed by atoms with E-state index in [-0.39, 0.29) is 30.6 Å². The lowest BCUT2D eigenvalue weighted by molar-refractivity contribution is -0.150. The average molecular weight is 654 g/mol. The number of rotatable bonds is 37. The lowest BCUT2D eigenvalue weighted by Crippen LogP contribution is -2.39. The summed E-state index contributed by atoms with van der Waals surface area (Å²) in [6.07, 6.45) is 34.0. The molecular formula is C40H79NO5. The minimum Gasteiger partial charge on any atom is -0.462 e. The van der Waals surface area contributed by atoms with E-state index in [4.69, 9.17) is 9.47 Å². The molecule has 274 valence electrons. The van der Waals surface area contributed by atoms with Crippen molar-refractivity contribution in [1.82, 2.24) is 5.32 Å². The molecule has 0 aliphatic rings. The molecule has 2 unspecified atom stereocenters. The number of hydrogen-bond acceptors (Lipinski definition) is 5. The minimum absolute atomic E-state index is 0.0175. The van der Waals surface area contributed by atoms with E-state index in [9.17, 15) is 14.7 Å². The number of aliphatic hydroxyl groups excluding tert-OH is 1. The highest BCUT2D eigenvalue weighted by atomic mass is 16.5. The van der Waals surface area contributed by atoms with Gasteiger partial charge in [0.15, 0.2) is 0 Å². The highest BCUT2D eigenvalue weighted by Crippen LogP contribution is 2.16. The van der Waals surface area contributed by atoms with Crippen molar-refractivity contribution in [1.29, 1.82) is 0 Å². The molecule has 6 nitrogen and oxygen atoms in total. The van der Waals surface area contributed by atoms with Gasteiger partial charge in [-0.05, 0) is 32.1 Å². The summed E-state index contributed by atoms with van der Waals surface area (Å²) in [5.41, 5.74) is 0. The molecule has 0 fully saturated rings. The summed E-state index contributed by atoms with van der Waals surface area (Å²) in [5.74, 6) is -0.0253. The number of unbranched alkanes of at least 4 members (excludes halogenated alkanes) is 22. The number of ether oxygens (including phenoxy) is 2. The SMILES string of the molecule is CCCCCCCCCCCCCC(=O)NC(CCO)COCCC(CCCCCCC)OC(=O)CCCCCCCCCCC. The normalized spacial score (nSPS) is 12.7. The van der Waals surface area contributed by atoms with Gasteiger partial charge in [-0.1, -0.05) is 162 Å². The van der Waals surface area contributed by atoms with Crippen LogP contribution in [0.3, 0.4) is 0 Å². The average Bonchev–Trinajstić information content (AvgIpc) is 3.04. The Morgan fingerprint density at radius 2 is 0.978 bits per heavy atom. The second-order valence-corrected chi connectivity index (χ2v) is 13.8. The first-order chi connectivity index (χ1) is 22.6. The summed E-state index contributed by atoms with van der Waals surface area (Å²) in [4.78, 5) is 25.2. The maximum absolute atomic E-state index is 12.6. The Balaban J connectivity index is 4.26. The van der Waals surface area contributed by atoms with E-state index in [1.807, 2.05) is 0 Å². The summed E-state index contributed by atoms with van der Waals surface area (Å²) in [6, 6.07) is -0.188. The molecule has 0 aliphatic carbocycles. The number of hydrogen-bond donors (Lipinski definition) is 2. The van der Waals surface area contributed by atoms with Crippen molar-refractivity contribution < 1.29 is 24.2 Å². The molecule has 0 spiro atoms. The number of carbonyl (C=O) groups excluding carboxylic acids is 2. The molecule has 0 heterocycles. The summed E-state index contributed by atoms with van der Waals surface area (Å²) in [6.45, 7) is 7.61. The van der Waals surface area contributed by atoms with Gasteiger partial charge >= 0.3 is 5.97 Å². The van der Waals surface area contributed by atoms with Crippen LogP contribution in [0.25, 0.3) is 0 Å². The number of carbonyl (C=O) groups is 2. The Labute approximate surface area is 286 Å². The number of nitrogens with one attached hydrogen (secondary N) is 1. The zero-order chi connectivity index (χ0) is 33.8. The van der Waals surface area contributed by atoms with Crippen molar-refractivity contribution in [2.24, 2.45) is 0 Å². The van der Waals surface area contributed by atoms with Crippen LogP contribution >= 0.6 is 0 Å². The molecule has 0 rings (SSSR count). The standard InChI is InChI=1S/C40H79NO5/c1-4-7-10-13-15-17-18-20-21-24-27-30-39(43)41-37(32-34-42)36-45-35-33-38(29-26-23-12-9-6-3)46-40(44)31-28-25-22-19-16-14-11-8-5-2/h37-38,42H,4-36H2,1-3H3,(H,41,43). The second kappa shape index (κ2) is 36.7. The van der Waals surface area contributed by atoms with Crippen LogP contribution < -0.4 is 5.32 Å². The molecule has 6 heteroatoms. The first-order valence-electron chi connectivity index (χ1n) is 20.2. The van der Waals surface area contributed by atoms with Gasteiger partial charge in [-0.3, -0.25) is 9.59 Å². The topological polar surface area (TPSA) is 84.9 Å². The lowest BCUT2D eigenvalue weighted by atomic mass is 10.1. The second-order valence-electron chi connectivity index (χ2n) is 13.8. The van der Waals surface area contributed by atoms with Crippen molar-refractivity contribution in [2.45, 2.75) is 226 Å². The van der Waals surface area contributed by atoms with Crippen LogP contribution in [-0.2, 0) is 19.1 Å². The molecule has 46 heavy (non-hydrogen) atoms. The molecule has 0 saturated carbocycles. The third-order valence-electron chi connectivity index (χ3n) is 9.17. The maximum Gasteiger partial charge on any atom is 0.306 e. The first kappa shape index (κ1) is 44.9. The molecular weight excluding hydrogens is 574 g/mol. The quantitative estimate of drug-likeness (QED) is 0.0515. The summed E-state index contributed by atoms with van der Waals surface area (Å²) in [7, 11) is 0. The van der Waals surface area contributed by atoms with Gasteiger partial charge in [0.25, 0.3) is 0 Å². The fraction of sp³-hybridized carbons (Fsp3) is 0.950. The Kier molecular flexibility index (Phi) is 35.8. The van der Waals surface area contributed by atoms with E-state index in [0.29, 0.717) is 38.9 Å². The van der Waals surface area contributed by atoms with E-state index >= 15 is 0 Å². The first-order valence-corrected chi connectivity index (χ1v) is 20.2. The maximum atomic E-state index is 12.6. The fourth-order valence-corrected chi connectivity index (χ4v) is 6.11. The summed E-state index contributed by atoms with van der Waals surface area (Å²) < 4.78 is 11.9. The van der Waals surface area contributed by atoms with E-state index in [1.165, 1.54) is 128 Å². The molecule has 1 amide bonds. The predicted octanol–water partition coefficient (Wildman–Crippen LogP) is 11.2. The van der Waals surface area contributed by atoms with Crippen molar-refractivity contribution in [3.8, 4) is 0 Å². The molecule has 0 aromatic carbocycles. The highest BCUT2D eigenvalue weighted by molar-refractivity contribution is 5.76. The molecule has 0 radical (unpaired) electrons. The fourth-order valence-electron chi connectivity index (χ4n) is 6.11. The van der Waals surface area contributed by atoms with Gasteiger partial charge in [-0.15, -0.1) is 0 Å². The number of aliphatic hydroxyl groups is 1. The zero-order valence-electron chi connectivity index (χ0n) is 31.1. The molecule has 0 saturated heterocycles. The minimum atomic E-state index is -0.188. The van der Waals surface area contributed by atoms with Gasteiger partial charge in [0, 0.05) is 25.9 Å². The van der Waals surface area contributed by atoms with E-state index in [0.717, 1.165) is 38.5 Å². The molecule has 0 aliphatic heterocycles. The van der Waals surface area contributed by atoms with Gasteiger partial charge < -0.3 is 19.9 Å². The van der Waals surface area contributed by atoms with Crippen LogP contribution in [0.4, 0.5) is 0 Å². The Bertz CT molecular complexity index is 643. The summed E-state index contributed by atoms with van der Waals surface area (Å²) >= 11 is 0. The zero-order valence-corrected chi connectivity index (χ0v) is 31.1. The Morgan fingerprint density at radius 3 is 1.46 bits per heavy atom. The van der Waals surface area contributed by atoms with Crippen LogP contribution in [0.2, 0.25) is 0 Å². The Hall–Kier alpha value is -1.14. The van der Waals surface area contributed by atoms with Crippen LogP contribution in [0, 0.1) is 0 Å². The van der Waals surface area contributed by atoms with Crippen molar-refractivity contribution >= 4 is 11.9 Å². The third-order valence-corrected chi connectivity index (χ3v) is 9.17. The van der Waals surface area contributed by atoms with Gasteiger partial charge in [-0.2, -0.15) is 0 Å². The largest absolute Gasteiger partial charge is 0.462 e. The van der Waals surface area contributed by atoms with Crippen LogP contribution in [0.15, 0.2) is 0 Å². The molecule has 0 bridgehead atoms. The van der Waals surface area contributed by atoms with Crippen LogP contribution in [0.5, 0.6) is 0 Å². The van der Waals surface area contributed by atoms with E-state index in [1.54, 1.807) is 0 Å². The van der Waals surface area contributed by atoms with Crippen molar-refractivity contribution in [3.05, 3.63) is 0 Å². The van der Waals surface area contributed by atoms with Gasteiger partial charge in [0.2, 0.25) is 5.91 Å². The van der Waals surface area contributed by atoms with Gasteiger partial charge in [0.05, 0.1) is 19.3 Å². The van der Waals surface area contributed by atoms with Crippen molar-refractivity contribution in [3.63, 3.8) is 0 Å². The molecule has 2 N–H and O–H groups in total. The number of amides is 1. The highest BCUT2D eigenvalue weighted by Gasteiger charge is 2.16.